The lowest BCUT2D eigenvalue weighted by Crippen LogP contribution is -2.44. The highest BCUT2D eigenvalue weighted by Crippen LogP contribution is 2.42. The number of hydroxylamine groups is 1. The summed E-state index contributed by atoms with van der Waals surface area (Å²) in [5.41, 5.74) is -4.15. The fraction of sp³-hybridized carbons (Fsp3) is 0.450. The lowest BCUT2D eigenvalue weighted by atomic mass is 9.98. The van der Waals surface area contributed by atoms with Gasteiger partial charge in [-0.1, -0.05) is 23.2 Å². The summed E-state index contributed by atoms with van der Waals surface area (Å²) in [6, 6.07) is 3.84. The minimum absolute atomic E-state index is 0.0289. The Balaban J connectivity index is 1.80. The van der Waals surface area contributed by atoms with Crippen LogP contribution in [0.25, 0.3) is 0 Å². The second-order valence-corrected chi connectivity index (χ2v) is 9.74. The van der Waals surface area contributed by atoms with Crippen molar-refractivity contribution in [3.8, 4) is 5.75 Å². The van der Waals surface area contributed by atoms with Crippen LogP contribution in [0.15, 0.2) is 40.1 Å². The lowest BCUT2D eigenvalue weighted by molar-refractivity contribution is -0.179. The van der Waals surface area contributed by atoms with Crippen molar-refractivity contribution >= 4 is 37.3 Å². The maximum absolute atomic E-state index is 15.4. The Hall–Kier alpha value is -2.38. The van der Waals surface area contributed by atoms with Crippen molar-refractivity contribution in [3.05, 3.63) is 61.3 Å². The molecule has 1 aromatic heterocycles. The molecular formula is C20H22Cl2FN3O9P+. The van der Waals surface area contributed by atoms with Gasteiger partial charge in [0, 0.05) is 21.9 Å². The van der Waals surface area contributed by atoms with Gasteiger partial charge in [0.15, 0.2) is 17.9 Å². The summed E-state index contributed by atoms with van der Waals surface area (Å²) >= 11 is 11.9. The number of rotatable bonds is 9. The van der Waals surface area contributed by atoms with Gasteiger partial charge in [0.2, 0.25) is 5.75 Å². The highest BCUT2D eigenvalue weighted by atomic mass is 35.5. The minimum Gasteiger partial charge on any atom is -0.468 e. The van der Waals surface area contributed by atoms with Crippen LogP contribution in [-0.4, -0.2) is 63.1 Å². The number of nitrogens with zero attached hydrogens (tertiary/aromatic N) is 2. The monoisotopic (exact) mass is 568 g/mol. The molecule has 2 heterocycles. The van der Waals surface area contributed by atoms with Crippen LogP contribution >= 0.6 is 31.4 Å². The highest BCUT2D eigenvalue weighted by molar-refractivity contribution is 7.36. The number of halogens is 3. The molecule has 0 bridgehead atoms. The molecule has 0 aliphatic carbocycles. The molecule has 0 amide bonds. The molecular weight excluding hydrogens is 547 g/mol. The van der Waals surface area contributed by atoms with Crippen molar-refractivity contribution in [1.29, 1.82) is 0 Å². The molecule has 3 rings (SSSR count). The van der Waals surface area contributed by atoms with Gasteiger partial charge in [-0.15, -0.1) is 0 Å². The predicted molar refractivity (Wildman–Crippen MR) is 125 cm³/mol. The summed E-state index contributed by atoms with van der Waals surface area (Å²) in [5, 5.41) is 10.9. The van der Waals surface area contributed by atoms with Crippen LogP contribution in [0, 0.1) is 0 Å². The van der Waals surface area contributed by atoms with E-state index in [2.05, 4.69) is 4.74 Å². The number of methoxy groups -OCH3 is 1. The number of hydrogen-bond acceptors (Lipinski definition) is 9. The topological polar surface area (TPSA) is 149 Å². The Morgan fingerprint density at radius 1 is 1.39 bits per heavy atom. The van der Waals surface area contributed by atoms with Crippen molar-refractivity contribution in [2.24, 2.45) is 0 Å². The number of hydrogen-bond donors (Lipinski definition) is 2. The Bertz CT molecular complexity index is 1260. The first-order chi connectivity index (χ1) is 16.9. The van der Waals surface area contributed by atoms with Crippen molar-refractivity contribution in [1.82, 2.24) is 14.4 Å². The Morgan fingerprint density at radius 3 is 2.69 bits per heavy atom. The third-order valence-corrected chi connectivity index (χ3v) is 6.96. The summed E-state index contributed by atoms with van der Waals surface area (Å²) in [4.78, 5) is 43.6. The zero-order valence-corrected chi connectivity index (χ0v) is 21.5. The molecule has 36 heavy (non-hydrogen) atoms. The van der Waals surface area contributed by atoms with Crippen LogP contribution in [-0.2, 0) is 23.7 Å². The standard InChI is InChI=1S/C20H21Cl2FN3O9P/c1-10(17(29)32-3)26(36(31)35-13-5-4-11(21)8-12(13)22)33-9-14-16(28)20(2,23)18(34-14)25-7-6-15(27)24-19(25)30/h4-8,10,14,16,18,28H,9H2,1-3H3/p+1/t10?,14-,16-,18-,20-/m1/s1. The molecule has 1 aromatic carbocycles. The number of aliphatic hydroxyl groups is 1. The first-order valence-corrected chi connectivity index (χ1v) is 12.2. The highest BCUT2D eigenvalue weighted by Gasteiger charge is 2.56. The first kappa shape index (κ1) is 28.2. The number of aliphatic hydroxyl groups excluding tert-OH is 1. The fourth-order valence-corrected chi connectivity index (χ4v) is 4.79. The third kappa shape index (κ3) is 5.94. The number of carbonyl (C=O) groups excluding carboxylic acids is 1. The molecule has 16 heteroatoms. The fourth-order valence-electron chi connectivity index (χ4n) is 3.35. The second kappa shape index (κ2) is 11.3. The predicted octanol–water partition coefficient (Wildman–Crippen LogP) is 2.36. The van der Waals surface area contributed by atoms with E-state index in [0.717, 1.165) is 30.9 Å². The number of nitrogens with one attached hydrogen (secondary N) is 1. The van der Waals surface area contributed by atoms with Gasteiger partial charge in [-0.3, -0.25) is 24.0 Å². The van der Waals surface area contributed by atoms with Gasteiger partial charge in [-0.25, -0.2) is 13.7 Å². The SMILES string of the molecule is COC(=O)C(C)N(OC[C@H]1O[C@@H](n2ccc(=O)[nH]c2=O)[C@](C)(F)[C@@H]1O)[P+](=O)Oc1ccc(Cl)cc1Cl. The van der Waals surface area contributed by atoms with Crippen LogP contribution in [0.4, 0.5) is 4.39 Å². The Labute approximate surface area is 214 Å². The number of aromatic amines is 1. The number of ether oxygens (including phenoxy) is 2. The van der Waals surface area contributed by atoms with E-state index in [4.69, 9.17) is 37.3 Å². The van der Waals surface area contributed by atoms with Crippen molar-refractivity contribution in [2.75, 3.05) is 13.7 Å². The van der Waals surface area contributed by atoms with Gasteiger partial charge in [0.25, 0.3) is 5.56 Å². The molecule has 2 aromatic rings. The average molecular weight is 569 g/mol. The molecule has 2 N–H and O–H groups in total. The molecule has 1 aliphatic heterocycles. The molecule has 0 spiro atoms. The van der Waals surface area contributed by atoms with Gasteiger partial charge in [-0.05, 0) is 32.0 Å². The van der Waals surface area contributed by atoms with E-state index in [1.54, 1.807) is 0 Å². The van der Waals surface area contributed by atoms with E-state index in [0.29, 0.717) is 9.86 Å². The molecule has 12 nitrogen and oxygen atoms in total. The average Bonchev–Trinajstić information content (AvgIpc) is 3.03. The first-order valence-electron chi connectivity index (χ1n) is 10.3. The summed E-state index contributed by atoms with van der Waals surface area (Å²) in [6.07, 6.45) is -3.82. The van der Waals surface area contributed by atoms with Crippen LogP contribution in [0.3, 0.4) is 0 Å². The van der Waals surface area contributed by atoms with Gasteiger partial charge >= 0.3 is 19.8 Å². The molecule has 2 unspecified atom stereocenters. The normalized spacial score (nSPS) is 25.0. The van der Waals surface area contributed by atoms with Crippen LogP contribution in [0.1, 0.15) is 20.1 Å². The second-order valence-electron chi connectivity index (χ2n) is 7.84. The summed E-state index contributed by atoms with van der Waals surface area (Å²) in [7, 11) is -1.84. The van der Waals surface area contributed by atoms with Gasteiger partial charge in [0.1, 0.15) is 18.8 Å². The zero-order chi connectivity index (χ0) is 26.8. The van der Waals surface area contributed by atoms with Gasteiger partial charge in [-0.2, -0.15) is 0 Å². The van der Waals surface area contributed by atoms with Crippen molar-refractivity contribution in [3.63, 3.8) is 0 Å². The zero-order valence-electron chi connectivity index (χ0n) is 19.1. The molecule has 196 valence electrons. The summed E-state index contributed by atoms with van der Waals surface area (Å²) in [5.74, 6) is -0.871. The largest absolute Gasteiger partial charge is 0.693 e. The molecule has 0 saturated carbocycles. The van der Waals surface area contributed by atoms with E-state index in [9.17, 15) is 24.1 Å². The Kier molecular flexibility index (Phi) is 8.88. The van der Waals surface area contributed by atoms with Crippen LogP contribution in [0.5, 0.6) is 5.75 Å². The van der Waals surface area contributed by atoms with Crippen molar-refractivity contribution in [2.45, 2.75) is 44.0 Å². The van der Waals surface area contributed by atoms with Gasteiger partial charge < -0.3 is 14.6 Å². The lowest BCUT2D eigenvalue weighted by Gasteiger charge is -2.24. The Morgan fingerprint density at radius 2 is 2.08 bits per heavy atom. The van der Waals surface area contributed by atoms with E-state index in [1.165, 1.54) is 25.1 Å². The number of carbonyl (C=O) groups is 1. The van der Waals surface area contributed by atoms with E-state index < -0.39 is 62.2 Å². The number of benzene rings is 1. The quantitative estimate of drug-likeness (QED) is 0.262. The smallest absolute Gasteiger partial charge is 0.468 e. The maximum Gasteiger partial charge on any atom is 0.693 e. The minimum atomic E-state index is -2.94. The molecule has 1 fully saturated rings. The molecule has 1 saturated heterocycles. The molecule has 6 atom stereocenters. The van der Waals surface area contributed by atoms with Crippen molar-refractivity contribution < 1.29 is 37.7 Å². The van der Waals surface area contributed by atoms with Crippen LogP contribution in [0.2, 0.25) is 10.0 Å². The molecule has 0 radical (unpaired) electrons. The summed E-state index contributed by atoms with van der Waals surface area (Å²) in [6.45, 7) is 1.69. The molecule has 1 aliphatic rings. The summed E-state index contributed by atoms with van der Waals surface area (Å²) < 4.78 is 44.6. The number of esters is 1. The number of alkyl halides is 1. The van der Waals surface area contributed by atoms with Gasteiger partial charge in [0.05, 0.1) is 17.0 Å². The number of H-pyrrole nitrogens is 1. The third-order valence-electron chi connectivity index (χ3n) is 5.30. The van der Waals surface area contributed by atoms with Crippen LogP contribution < -0.4 is 15.8 Å². The maximum atomic E-state index is 15.4. The van der Waals surface area contributed by atoms with E-state index in [-0.39, 0.29) is 10.8 Å². The number of aromatic nitrogens is 2. The van der Waals surface area contributed by atoms with E-state index >= 15 is 4.39 Å². The van der Waals surface area contributed by atoms with E-state index in [1.807, 2.05) is 4.98 Å².